The van der Waals surface area contributed by atoms with Crippen LogP contribution >= 0.6 is 0 Å². The average Bonchev–Trinajstić information content (AvgIpc) is 2.44. The van der Waals surface area contributed by atoms with E-state index in [1.165, 1.54) is 0 Å². The third-order valence-corrected chi connectivity index (χ3v) is 5.08. The smallest absolute Gasteiger partial charge is 0.247 e. The quantitative estimate of drug-likeness (QED) is 0.888. The number of nitrogens with zero attached hydrogens (tertiary/aromatic N) is 1. The van der Waals surface area contributed by atoms with E-state index in [1.807, 2.05) is 45.0 Å². The zero-order valence-corrected chi connectivity index (χ0v) is 16.0. The third-order valence-electron chi connectivity index (χ3n) is 3.83. The molecule has 2 rings (SSSR count). The van der Waals surface area contributed by atoms with Crippen LogP contribution < -0.4 is 9.62 Å². The molecule has 0 unspecified atom stereocenters. The molecule has 134 valence electrons. The lowest BCUT2D eigenvalue weighted by Crippen LogP contribution is -2.45. The second-order valence-electron chi connectivity index (χ2n) is 6.44. The number of sulfonamides is 1. The number of benzene rings is 2. The highest BCUT2D eigenvalue weighted by atomic mass is 32.2. The minimum Gasteiger partial charge on any atom is -0.324 e. The molecule has 1 atom stereocenters. The molecule has 0 spiro atoms. The fraction of sp³-hybridized carbons (Fsp3) is 0.316. The van der Waals surface area contributed by atoms with Gasteiger partial charge in [-0.3, -0.25) is 9.10 Å². The van der Waals surface area contributed by atoms with Crippen molar-refractivity contribution >= 4 is 27.3 Å². The largest absolute Gasteiger partial charge is 0.324 e. The number of aryl methyl sites for hydroxylation is 3. The van der Waals surface area contributed by atoms with Gasteiger partial charge in [0, 0.05) is 5.69 Å². The van der Waals surface area contributed by atoms with Gasteiger partial charge in [0.15, 0.2) is 0 Å². The molecule has 0 aliphatic heterocycles. The molecule has 0 bridgehead atoms. The normalized spacial score (nSPS) is 12.5. The number of amides is 1. The van der Waals surface area contributed by atoms with E-state index < -0.39 is 16.1 Å². The van der Waals surface area contributed by atoms with Gasteiger partial charge < -0.3 is 5.32 Å². The number of carbonyl (C=O) groups is 1. The summed E-state index contributed by atoms with van der Waals surface area (Å²) in [4.78, 5) is 12.7. The van der Waals surface area contributed by atoms with Gasteiger partial charge in [0.25, 0.3) is 0 Å². The molecule has 0 radical (unpaired) electrons. The highest BCUT2D eigenvalue weighted by molar-refractivity contribution is 7.92. The van der Waals surface area contributed by atoms with E-state index in [9.17, 15) is 13.2 Å². The first-order chi connectivity index (χ1) is 11.6. The van der Waals surface area contributed by atoms with Gasteiger partial charge in [-0.05, 0) is 68.7 Å². The van der Waals surface area contributed by atoms with Crippen molar-refractivity contribution in [1.29, 1.82) is 0 Å². The highest BCUT2D eigenvalue weighted by Crippen LogP contribution is 2.23. The Morgan fingerprint density at radius 3 is 2.12 bits per heavy atom. The van der Waals surface area contributed by atoms with Crippen molar-refractivity contribution in [3.05, 3.63) is 59.2 Å². The monoisotopic (exact) mass is 360 g/mol. The van der Waals surface area contributed by atoms with Crippen molar-refractivity contribution in [3.8, 4) is 0 Å². The van der Waals surface area contributed by atoms with Crippen molar-refractivity contribution in [1.82, 2.24) is 0 Å². The maximum atomic E-state index is 12.7. The van der Waals surface area contributed by atoms with Gasteiger partial charge in [-0.15, -0.1) is 0 Å². The molecule has 0 saturated heterocycles. The van der Waals surface area contributed by atoms with E-state index in [-0.39, 0.29) is 5.91 Å². The van der Waals surface area contributed by atoms with Crippen LogP contribution in [0.4, 0.5) is 11.4 Å². The van der Waals surface area contributed by atoms with Crippen molar-refractivity contribution < 1.29 is 13.2 Å². The van der Waals surface area contributed by atoms with Crippen molar-refractivity contribution in [2.24, 2.45) is 0 Å². The lowest BCUT2D eigenvalue weighted by molar-refractivity contribution is -0.116. The molecule has 0 saturated carbocycles. The molecular weight excluding hydrogens is 336 g/mol. The second-order valence-corrected chi connectivity index (χ2v) is 8.30. The third kappa shape index (κ3) is 4.82. The van der Waals surface area contributed by atoms with E-state index in [0.717, 1.165) is 27.3 Å². The zero-order valence-electron chi connectivity index (χ0n) is 15.2. The minimum absolute atomic E-state index is 0.378. The number of anilines is 2. The molecule has 1 N–H and O–H groups in total. The maximum Gasteiger partial charge on any atom is 0.247 e. The summed E-state index contributed by atoms with van der Waals surface area (Å²) in [7, 11) is -3.62. The van der Waals surface area contributed by atoms with Gasteiger partial charge in [0.1, 0.15) is 6.04 Å². The van der Waals surface area contributed by atoms with Gasteiger partial charge in [0.2, 0.25) is 15.9 Å². The van der Waals surface area contributed by atoms with Crippen molar-refractivity contribution in [2.45, 2.75) is 33.7 Å². The fourth-order valence-corrected chi connectivity index (χ4v) is 4.03. The lowest BCUT2D eigenvalue weighted by atomic mass is 10.1. The van der Waals surface area contributed by atoms with Crippen LogP contribution in [-0.2, 0) is 14.8 Å². The van der Waals surface area contributed by atoms with E-state index in [0.29, 0.717) is 11.4 Å². The number of hydrogen-bond acceptors (Lipinski definition) is 3. The molecule has 0 fully saturated rings. The second kappa shape index (κ2) is 7.27. The Bertz CT molecular complexity index is 871. The van der Waals surface area contributed by atoms with Crippen LogP contribution in [0.5, 0.6) is 0 Å². The Balaban J connectivity index is 2.33. The van der Waals surface area contributed by atoms with Gasteiger partial charge >= 0.3 is 0 Å². The van der Waals surface area contributed by atoms with Gasteiger partial charge in [0.05, 0.1) is 11.9 Å². The Morgan fingerprint density at radius 2 is 1.60 bits per heavy atom. The molecule has 2 aromatic rings. The summed E-state index contributed by atoms with van der Waals surface area (Å²) in [5.41, 5.74) is 4.12. The van der Waals surface area contributed by atoms with Crippen LogP contribution in [0.3, 0.4) is 0 Å². The number of carbonyl (C=O) groups excluding carboxylic acids is 1. The van der Waals surface area contributed by atoms with Crippen LogP contribution in [0.1, 0.15) is 23.6 Å². The predicted molar refractivity (Wildman–Crippen MR) is 103 cm³/mol. The zero-order chi connectivity index (χ0) is 18.8. The molecule has 0 aliphatic carbocycles. The van der Waals surface area contributed by atoms with Gasteiger partial charge in [-0.1, -0.05) is 18.2 Å². The maximum absolute atomic E-state index is 12.7. The molecule has 6 heteroatoms. The number of hydrogen-bond donors (Lipinski definition) is 1. The minimum atomic E-state index is -3.62. The first kappa shape index (κ1) is 19.0. The average molecular weight is 360 g/mol. The van der Waals surface area contributed by atoms with E-state index in [4.69, 9.17) is 0 Å². The Labute approximate surface area is 149 Å². The molecular formula is C19H24N2O3S. The molecule has 0 heterocycles. The summed E-state index contributed by atoms with van der Waals surface area (Å²) in [5, 5.41) is 2.82. The first-order valence-electron chi connectivity index (χ1n) is 8.03. The summed E-state index contributed by atoms with van der Waals surface area (Å²) in [6, 6.07) is 11.9. The topological polar surface area (TPSA) is 66.5 Å². The van der Waals surface area contributed by atoms with Gasteiger partial charge in [-0.25, -0.2) is 8.42 Å². The molecule has 5 nitrogen and oxygen atoms in total. The van der Waals surface area contributed by atoms with Crippen LogP contribution in [0.25, 0.3) is 0 Å². The standard InChI is InChI=1S/C19H24N2O3S/c1-13-7-6-8-18(12-13)21(25(5,23)24)16(4)19(22)20-17-10-14(2)9-15(3)11-17/h6-12,16H,1-5H3,(H,20,22)/t16-/m0/s1. The van der Waals surface area contributed by atoms with E-state index in [1.54, 1.807) is 25.1 Å². The summed E-state index contributed by atoms with van der Waals surface area (Å²) in [5.74, 6) is -0.378. The van der Waals surface area contributed by atoms with Crippen LogP contribution in [-0.4, -0.2) is 26.6 Å². The highest BCUT2D eigenvalue weighted by Gasteiger charge is 2.29. The Kier molecular flexibility index (Phi) is 5.52. The SMILES string of the molecule is Cc1cc(C)cc(NC(=O)[C@H](C)N(c2cccc(C)c2)S(C)(=O)=O)c1. The molecule has 2 aromatic carbocycles. The summed E-state index contributed by atoms with van der Waals surface area (Å²) in [6.45, 7) is 7.36. The summed E-state index contributed by atoms with van der Waals surface area (Å²) < 4.78 is 25.7. The summed E-state index contributed by atoms with van der Waals surface area (Å²) in [6.07, 6.45) is 1.11. The molecule has 0 aromatic heterocycles. The summed E-state index contributed by atoms with van der Waals surface area (Å²) >= 11 is 0. The lowest BCUT2D eigenvalue weighted by Gasteiger charge is -2.28. The van der Waals surface area contributed by atoms with Gasteiger partial charge in [-0.2, -0.15) is 0 Å². The predicted octanol–water partition coefficient (Wildman–Crippen LogP) is 3.41. The van der Waals surface area contributed by atoms with Crippen LogP contribution in [0.15, 0.2) is 42.5 Å². The molecule has 1 amide bonds. The number of rotatable bonds is 5. The fourth-order valence-electron chi connectivity index (χ4n) is 2.87. The van der Waals surface area contributed by atoms with E-state index in [2.05, 4.69) is 5.32 Å². The van der Waals surface area contributed by atoms with Crippen LogP contribution in [0, 0.1) is 20.8 Å². The Hall–Kier alpha value is -2.34. The van der Waals surface area contributed by atoms with E-state index >= 15 is 0 Å². The molecule has 25 heavy (non-hydrogen) atoms. The van der Waals surface area contributed by atoms with Crippen LogP contribution in [0.2, 0.25) is 0 Å². The van der Waals surface area contributed by atoms with Crippen molar-refractivity contribution in [2.75, 3.05) is 15.9 Å². The Morgan fingerprint density at radius 1 is 1.00 bits per heavy atom. The molecule has 0 aliphatic rings. The van der Waals surface area contributed by atoms with Crippen molar-refractivity contribution in [3.63, 3.8) is 0 Å². The first-order valence-corrected chi connectivity index (χ1v) is 9.88. The number of nitrogens with one attached hydrogen (secondary N) is 1.